The van der Waals surface area contributed by atoms with Crippen molar-refractivity contribution >= 4 is 65.2 Å². The van der Waals surface area contributed by atoms with E-state index in [1.165, 1.54) is 55.6 Å². The SMILES string of the molecule is COC(=O)C(C)(C)NC(=O)[C@@H](CC(C)C)NC(=O)[C@@H](C)NC(=O)[C@@H](NC(=O)C(C)(C)NC(=O)[C@H](CC(C)C)NC(=O)CNC(=O)[C@@H](NC(=O)C(C)(C)NC(=O)[C@H](CC(C)C)NC(=O)OC(C)(C)C)C(C)C)C(C)C. The predicted molar refractivity (Wildman–Crippen MR) is 278 cm³/mol. The Balaban J connectivity index is 5.91. The fourth-order valence-electron chi connectivity index (χ4n) is 7.07. The molecule has 0 heterocycles. The van der Waals surface area contributed by atoms with Gasteiger partial charge >= 0.3 is 12.1 Å². The molecule has 0 rings (SSSR count). The molecule has 6 atom stereocenters. The average molecular weight is 1050 g/mol. The molecule has 0 aliphatic rings. The summed E-state index contributed by atoms with van der Waals surface area (Å²) in [5, 5.41) is 26.1. The Morgan fingerprint density at radius 1 is 0.419 bits per heavy atom. The highest BCUT2D eigenvalue weighted by Crippen LogP contribution is 2.15. The Kier molecular flexibility index (Phi) is 26.8. The van der Waals surface area contributed by atoms with Gasteiger partial charge in [-0.15, -0.1) is 0 Å². The monoisotopic (exact) mass is 1050 g/mol. The van der Waals surface area contributed by atoms with E-state index in [2.05, 4.69) is 53.2 Å². The Labute approximate surface area is 438 Å². The molecule has 0 aliphatic carbocycles. The second-order valence-electron chi connectivity index (χ2n) is 23.4. The van der Waals surface area contributed by atoms with E-state index in [-0.39, 0.29) is 37.0 Å². The zero-order chi connectivity index (χ0) is 58.0. The lowest BCUT2D eigenvalue weighted by Crippen LogP contribution is -2.63. The first-order valence-electron chi connectivity index (χ1n) is 25.4. The zero-order valence-corrected chi connectivity index (χ0v) is 48.0. The van der Waals surface area contributed by atoms with Gasteiger partial charge in [-0.1, -0.05) is 69.2 Å². The summed E-state index contributed by atoms with van der Waals surface area (Å²) in [5.74, 6) is -8.30. The van der Waals surface area contributed by atoms with Crippen LogP contribution in [0.4, 0.5) is 4.79 Å². The van der Waals surface area contributed by atoms with E-state index >= 15 is 0 Å². The Morgan fingerprint density at radius 3 is 1.15 bits per heavy atom. The third kappa shape index (κ3) is 24.3. The molecule has 0 radical (unpaired) electrons. The molecule has 0 spiro atoms. The van der Waals surface area contributed by atoms with Gasteiger partial charge in [0.25, 0.3) is 0 Å². The first-order valence-corrected chi connectivity index (χ1v) is 25.4. The molecule has 0 aliphatic heterocycles. The number of ether oxygens (including phenoxy) is 2. The number of nitrogens with one attached hydrogen (secondary N) is 10. The molecular weight excluding hydrogens is 961 g/mol. The van der Waals surface area contributed by atoms with Gasteiger partial charge in [-0.05, 0) is 118 Å². The highest BCUT2D eigenvalue weighted by atomic mass is 16.6. The number of amides is 10. The van der Waals surface area contributed by atoms with Crippen LogP contribution in [0, 0.1) is 29.6 Å². The number of carbonyl (C=O) groups is 11. The van der Waals surface area contributed by atoms with Crippen molar-refractivity contribution in [1.82, 2.24) is 53.2 Å². The minimum atomic E-state index is -1.66. The Bertz CT molecular complexity index is 1990. The molecule has 23 heteroatoms. The van der Waals surface area contributed by atoms with Crippen molar-refractivity contribution in [2.75, 3.05) is 13.7 Å². The number of hydrogen-bond acceptors (Lipinski definition) is 13. The Morgan fingerprint density at radius 2 is 0.784 bits per heavy atom. The third-order valence-electron chi connectivity index (χ3n) is 11.2. The topological polar surface area (TPSA) is 327 Å². The summed E-state index contributed by atoms with van der Waals surface area (Å²) in [6.45, 7) is 32.1. The molecule has 0 fully saturated rings. The average Bonchev–Trinajstić information content (AvgIpc) is 3.23. The predicted octanol–water partition coefficient (Wildman–Crippen LogP) is 1.75. The van der Waals surface area contributed by atoms with Crippen LogP contribution in [0.1, 0.15) is 158 Å². The summed E-state index contributed by atoms with van der Waals surface area (Å²) < 4.78 is 10.1. The van der Waals surface area contributed by atoms with Crippen LogP contribution in [0.15, 0.2) is 0 Å². The van der Waals surface area contributed by atoms with Crippen LogP contribution in [0.25, 0.3) is 0 Å². The standard InChI is InChI=1S/C51H92N10O13/c1-26(2)22-32(54-35(62)25-52-42(67)36(29(7)8)57-44(69)49(15,16)60-41(66)34(24-28(5)6)56-47(72)74-48(12,13)14)39(64)59-50(17,18)45(70)58-37(30(9)10)43(68)53-31(11)38(63)55-33(23-27(3)4)40(65)61-51(19,20)46(71)73-21/h26-34,36-37H,22-25H2,1-21H3,(H,52,67)(H,53,68)(H,54,62)(H,55,63)(H,56,72)(H,57,69)(H,58,70)(H,59,64)(H,60,66)(H,61,65)/t31-,32+,33-,34+,36+,37+/m1/s1. The summed E-state index contributed by atoms with van der Waals surface area (Å²) >= 11 is 0. The van der Waals surface area contributed by atoms with Gasteiger partial charge in [0.2, 0.25) is 53.2 Å². The minimum absolute atomic E-state index is 0.0157. The molecule has 0 unspecified atom stereocenters. The molecule has 10 amide bonds. The lowest BCUT2D eigenvalue weighted by Gasteiger charge is -2.32. The van der Waals surface area contributed by atoms with Gasteiger partial charge in [0.05, 0.1) is 13.7 Å². The van der Waals surface area contributed by atoms with E-state index in [0.717, 1.165) is 0 Å². The number of methoxy groups -OCH3 is 1. The second-order valence-corrected chi connectivity index (χ2v) is 23.4. The fourth-order valence-corrected chi connectivity index (χ4v) is 7.07. The number of alkyl carbamates (subject to hydrolysis) is 1. The van der Waals surface area contributed by atoms with Gasteiger partial charge in [-0.3, -0.25) is 43.2 Å². The van der Waals surface area contributed by atoms with Crippen molar-refractivity contribution in [1.29, 1.82) is 0 Å². The van der Waals surface area contributed by atoms with E-state index < -0.39 is 142 Å². The third-order valence-corrected chi connectivity index (χ3v) is 11.2. The maximum absolute atomic E-state index is 13.8. The summed E-state index contributed by atoms with van der Waals surface area (Å²) in [6.07, 6.45) is -0.226. The van der Waals surface area contributed by atoms with Crippen molar-refractivity contribution < 1.29 is 62.2 Å². The molecule has 0 aromatic carbocycles. The normalized spacial score (nSPS) is 14.6. The van der Waals surface area contributed by atoms with Crippen LogP contribution < -0.4 is 53.2 Å². The van der Waals surface area contributed by atoms with Crippen molar-refractivity contribution in [3.63, 3.8) is 0 Å². The van der Waals surface area contributed by atoms with Crippen molar-refractivity contribution in [2.45, 2.75) is 216 Å². The van der Waals surface area contributed by atoms with Crippen LogP contribution in [-0.2, 0) is 57.4 Å². The van der Waals surface area contributed by atoms with E-state index in [0.29, 0.717) is 0 Å². The maximum atomic E-state index is 13.8. The highest BCUT2D eigenvalue weighted by Gasteiger charge is 2.40. The van der Waals surface area contributed by atoms with Crippen LogP contribution in [0.5, 0.6) is 0 Å². The summed E-state index contributed by atoms with van der Waals surface area (Å²) in [7, 11) is 1.18. The smallest absolute Gasteiger partial charge is 0.408 e. The lowest BCUT2D eigenvalue weighted by molar-refractivity contribution is -0.149. The second kappa shape index (κ2) is 29.2. The molecule has 0 aromatic rings. The largest absolute Gasteiger partial charge is 0.467 e. The van der Waals surface area contributed by atoms with E-state index in [1.54, 1.807) is 48.5 Å². The summed E-state index contributed by atoms with van der Waals surface area (Å²) in [5.41, 5.74) is -5.43. The van der Waals surface area contributed by atoms with Crippen molar-refractivity contribution in [2.24, 2.45) is 29.6 Å². The molecule has 0 bridgehead atoms. The zero-order valence-electron chi connectivity index (χ0n) is 48.0. The molecular formula is C51H92N10O13. The number of carbonyl (C=O) groups excluding carboxylic acids is 11. The van der Waals surface area contributed by atoms with Crippen molar-refractivity contribution in [3.05, 3.63) is 0 Å². The van der Waals surface area contributed by atoms with Gasteiger partial charge in [0.1, 0.15) is 58.5 Å². The molecule has 0 saturated carbocycles. The van der Waals surface area contributed by atoms with Gasteiger partial charge in [0.15, 0.2) is 0 Å². The first kappa shape index (κ1) is 68.0. The molecule has 424 valence electrons. The highest BCUT2D eigenvalue weighted by molar-refractivity contribution is 5.99. The maximum Gasteiger partial charge on any atom is 0.408 e. The summed E-state index contributed by atoms with van der Waals surface area (Å²) in [4.78, 5) is 146. The number of rotatable bonds is 28. The quantitative estimate of drug-likeness (QED) is 0.0500. The van der Waals surface area contributed by atoms with Crippen LogP contribution in [0.2, 0.25) is 0 Å². The molecule has 0 saturated heterocycles. The van der Waals surface area contributed by atoms with Gasteiger partial charge in [-0.2, -0.15) is 0 Å². The number of hydrogen-bond donors (Lipinski definition) is 10. The van der Waals surface area contributed by atoms with E-state index in [9.17, 15) is 52.7 Å². The summed E-state index contributed by atoms with van der Waals surface area (Å²) in [6, 6.07) is -6.83. The molecule has 74 heavy (non-hydrogen) atoms. The van der Waals surface area contributed by atoms with Gasteiger partial charge in [0, 0.05) is 0 Å². The lowest BCUT2D eigenvalue weighted by atomic mass is 9.97. The molecule has 10 N–H and O–H groups in total. The molecule has 23 nitrogen and oxygen atoms in total. The van der Waals surface area contributed by atoms with Gasteiger partial charge < -0.3 is 62.6 Å². The molecule has 0 aromatic heterocycles. The van der Waals surface area contributed by atoms with Crippen LogP contribution in [0.3, 0.4) is 0 Å². The Hall–Kier alpha value is -6.03. The fraction of sp³-hybridized carbons (Fsp3) is 0.784. The van der Waals surface area contributed by atoms with Gasteiger partial charge in [-0.25, -0.2) is 9.59 Å². The minimum Gasteiger partial charge on any atom is -0.467 e. The van der Waals surface area contributed by atoms with Crippen LogP contribution >= 0.6 is 0 Å². The first-order chi connectivity index (χ1) is 33.6. The van der Waals surface area contributed by atoms with Crippen molar-refractivity contribution in [3.8, 4) is 0 Å². The van der Waals surface area contributed by atoms with E-state index in [1.807, 2.05) is 41.5 Å². The van der Waals surface area contributed by atoms with Crippen LogP contribution in [-0.4, -0.2) is 137 Å². The van der Waals surface area contributed by atoms with E-state index in [4.69, 9.17) is 9.47 Å². The number of esters is 1.